The number of rotatable bonds is 3. The molecule has 2 rings (SSSR count). The lowest BCUT2D eigenvalue weighted by molar-refractivity contribution is 0.437. The van der Waals surface area contributed by atoms with Gasteiger partial charge in [0.2, 0.25) is 0 Å². The Balaban J connectivity index is 2.30. The van der Waals surface area contributed by atoms with Gasteiger partial charge >= 0.3 is 0 Å². The van der Waals surface area contributed by atoms with Crippen LogP contribution in [0.3, 0.4) is 0 Å². The standard InChI is InChI=1S/C12H16FNO/c1-8(2)6-9-4-3-5-14(12(9)15)11-7-10(11)13/h3-5,8,10-11H,6-7H2,1-2H3/t10-,11-/m1/s1. The quantitative estimate of drug-likeness (QED) is 0.748. The van der Waals surface area contributed by atoms with Crippen molar-refractivity contribution < 1.29 is 4.39 Å². The SMILES string of the molecule is CC(C)Cc1cccn([C@@H]2C[C@H]2F)c1=O. The first kappa shape index (κ1) is 10.4. The third kappa shape index (κ3) is 2.11. The van der Waals surface area contributed by atoms with E-state index in [9.17, 15) is 9.18 Å². The summed E-state index contributed by atoms with van der Waals surface area (Å²) in [4.78, 5) is 11.9. The van der Waals surface area contributed by atoms with Gasteiger partial charge in [0.05, 0.1) is 6.04 Å². The number of hydrogen-bond acceptors (Lipinski definition) is 1. The molecule has 1 saturated carbocycles. The number of hydrogen-bond donors (Lipinski definition) is 0. The van der Waals surface area contributed by atoms with Crippen LogP contribution in [0, 0.1) is 5.92 Å². The number of nitrogens with zero attached hydrogens (tertiary/aromatic N) is 1. The van der Waals surface area contributed by atoms with Gasteiger partial charge in [-0.15, -0.1) is 0 Å². The molecule has 1 aliphatic carbocycles. The largest absolute Gasteiger partial charge is 0.309 e. The molecule has 3 heteroatoms. The third-order valence-corrected chi connectivity index (χ3v) is 2.72. The number of alkyl halides is 1. The highest BCUT2D eigenvalue weighted by Gasteiger charge is 2.39. The molecule has 0 bridgehead atoms. The lowest BCUT2D eigenvalue weighted by atomic mass is 10.0. The van der Waals surface area contributed by atoms with Crippen LogP contribution >= 0.6 is 0 Å². The summed E-state index contributed by atoms with van der Waals surface area (Å²) in [6, 6.07) is 3.48. The molecule has 15 heavy (non-hydrogen) atoms. The van der Waals surface area contributed by atoms with Gasteiger partial charge in [0.15, 0.2) is 0 Å². The van der Waals surface area contributed by atoms with E-state index in [0.717, 1.165) is 12.0 Å². The third-order valence-electron chi connectivity index (χ3n) is 2.72. The van der Waals surface area contributed by atoms with Crippen molar-refractivity contribution in [1.29, 1.82) is 0 Å². The summed E-state index contributed by atoms with van der Waals surface area (Å²) in [6.07, 6.45) is 2.13. The number of pyridine rings is 1. The second-order valence-electron chi connectivity index (χ2n) is 4.66. The predicted molar refractivity (Wildman–Crippen MR) is 57.8 cm³/mol. The summed E-state index contributed by atoms with van der Waals surface area (Å²) in [5.41, 5.74) is 0.781. The van der Waals surface area contributed by atoms with Crippen molar-refractivity contribution in [1.82, 2.24) is 4.57 Å². The Kier molecular flexibility index (Phi) is 2.63. The minimum Gasteiger partial charge on any atom is -0.309 e. The molecule has 1 aromatic rings. The molecule has 82 valence electrons. The summed E-state index contributed by atoms with van der Waals surface area (Å²) in [6.45, 7) is 4.15. The lowest BCUT2D eigenvalue weighted by Gasteiger charge is -2.08. The van der Waals surface area contributed by atoms with E-state index in [4.69, 9.17) is 0 Å². The van der Waals surface area contributed by atoms with Gasteiger partial charge in [0, 0.05) is 18.2 Å². The molecule has 0 saturated heterocycles. The summed E-state index contributed by atoms with van der Waals surface area (Å²) < 4.78 is 14.4. The number of aromatic nitrogens is 1. The van der Waals surface area contributed by atoms with E-state index >= 15 is 0 Å². The van der Waals surface area contributed by atoms with Crippen molar-refractivity contribution in [3.8, 4) is 0 Å². The molecule has 1 fully saturated rings. The molecule has 0 N–H and O–H groups in total. The average Bonchev–Trinajstić information content (AvgIpc) is 2.86. The zero-order valence-corrected chi connectivity index (χ0v) is 9.11. The maximum atomic E-state index is 12.9. The first-order chi connectivity index (χ1) is 7.09. The highest BCUT2D eigenvalue weighted by Crippen LogP contribution is 2.37. The van der Waals surface area contributed by atoms with E-state index in [1.165, 1.54) is 0 Å². The van der Waals surface area contributed by atoms with Gasteiger partial charge in [-0.1, -0.05) is 19.9 Å². The smallest absolute Gasteiger partial charge is 0.254 e. The van der Waals surface area contributed by atoms with Crippen LogP contribution in [0.5, 0.6) is 0 Å². The summed E-state index contributed by atoms with van der Waals surface area (Å²) in [5.74, 6) is 0.453. The maximum Gasteiger partial charge on any atom is 0.254 e. The van der Waals surface area contributed by atoms with Crippen LogP contribution in [0.25, 0.3) is 0 Å². The second-order valence-corrected chi connectivity index (χ2v) is 4.66. The molecule has 0 radical (unpaired) electrons. The van der Waals surface area contributed by atoms with Crippen LogP contribution < -0.4 is 5.56 Å². The maximum absolute atomic E-state index is 12.9. The lowest BCUT2D eigenvalue weighted by Crippen LogP contribution is -2.23. The summed E-state index contributed by atoms with van der Waals surface area (Å²) in [5, 5.41) is 0. The van der Waals surface area contributed by atoms with Gasteiger partial charge in [-0.05, 0) is 18.4 Å². The predicted octanol–water partition coefficient (Wildman–Crippen LogP) is 2.33. The van der Waals surface area contributed by atoms with Gasteiger partial charge < -0.3 is 4.57 Å². The van der Waals surface area contributed by atoms with E-state index in [0.29, 0.717) is 12.3 Å². The topological polar surface area (TPSA) is 22.0 Å². The van der Waals surface area contributed by atoms with E-state index < -0.39 is 6.17 Å². The normalized spacial score (nSPS) is 24.5. The zero-order valence-electron chi connectivity index (χ0n) is 9.11. The molecule has 1 heterocycles. The van der Waals surface area contributed by atoms with Crippen LogP contribution in [0.2, 0.25) is 0 Å². The van der Waals surface area contributed by atoms with E-state index in [1.54, 1.807) is 10.8 Å². The van der Waals surface area contributed by atoms with Crippen molar-refractivity contribution in [2.24, 2.45) is 5.92 Å². The van der Waals surface area contributed by atoms with Crippen molar-refractivity contribution in [3.63, 3.8) is 0 Å². The zero-order chi connectivity index (χ0) is 11.0. The van der Waals surface area contributed by atoms with Gasteiger partial charge in [-0.25, -0.2) is 4.39 Å². The van der Waals surface area contributed by atoms with Gasteiger partial charge in [0.25, 0.3) is 5.56 Å². The summed E-state index contributed by atoms with van der Waals surface area (Å²) >= 11 is 0. The van der Waals surface area contributed by atoms with Gasteiger partial charge in [-0.2, -0.15) is 0 Å². The fourth-order valence-electron chi connectivity index (χ4n) is 1.85. The first-order valence-corrected chi connectivity index (χ1v) is 5.43. The van der Waals surface area contributed by atoms with Crippen molar-refractivity contribution in [2.75, 3.05) is 0 Å². The fraction of sp³-hybridized carbons (Fsp3) is 0.583. The first-order valence-electron chi connectivity index (χ1n) is 5.43. The Labute approximate surface area is 88.7 Å². The monoisotopic (exact) mass is 209 g/mol. The molecule has 1 aliphatic rings. The Morgan fingerprint density at radius 3 is 2.80 bits per heavy atom. The van der Waals surface area contributed by atoms with Crippen molar-refractivity contribution in [3.05, 3.63) is 34.2 Å². The molecule has 0 aromatic carbocycles. The number of halogens is 1. The Bertz CT molecular complexity index is 410. The second kappa shape index (κ2) is 3.80. The van der Waals surface area contributed by atoms with Crippen molar-refractivity contribution >= 4 is 0 Å². The fourth-order valence-corrected chi connectivity index (χ4v) is 1.85. The molecule has 0 amide bonds. The van der Waals surface area contributed by atoms with Crippen LogP contribution in [0.15, 0.2) is 23.1 Å². The molecule has 0 aliphatic heterocycles. The van der Waals surface area contributed by atoms with E-state index in [1.807, 2.05) is 12.1 Å². The Morgan fingerprint density at radius 1 is 1.60 bits per heavy atom. The molecule has 2 atom stereocenters. The molecule has 0 unspecified atom stereocenters. The van der Waals surface area contributed by atoms with Crippen LogP contribution in [-0.2, 0) is 6.42 Å². The van der Waals surface area contributed by atoms with E-state index in [2.05, 4.69) is 13.8 Å². The van der Waals surface area contributed by atoms with Crippen LogP contribution in [0.1, 0.15) is 31.9 Å². The van der Waals surface area contributed by atoms with Gasteiger partial charge in [-0.3, -0.25) is 4.79 Å². The highest BCUT2D eigenvalue weighted by atomic mass is 19.1. The molecule has 1 aromatic heterocycles. The Morgan fingerprint density at radius 2 is 2.27 bits per heavy atom. The van der Waals surface area contributed by atoms with Gasteiger partial charge in [0.1, 0.15) is 6.17 Å². The van der Waals surface area contributed by atoms with Crippen LogP contribution in [-0.4, -0.2) is 10.7 Å². The minimum atomic E-state index is -0.822. The van der Waals surface area contributed by atoms with E-state index in [-0.39, 0.29) is 11.6 Å². The van der Waals surface area contributed by atoms with Crippen LogP contribution in [0.4, 0.5) is 4.39 Å². The van der Waals surface area contributed by atoms with Crippen molar-refractivity contribution in [2.45, 2.75) is 38.9 Å². The molecule has 2 nitrogen and oxygen atoms in total. The molecular weight excluding hydrogens is 193 g/mol. The summed E-state index contributed by atoms with van der Waals surface area (Å²) in [7, 11) is 0. The Hall–Kier alpha value is -1.12. The highest BCUT2D eigenvalue weighted by molar-refractivity contribution is 5.13. The molecular formula is C12H16FNO. The minimum absolute atomic E-state index is 0.0173. The molecule has 0 spiro atoms. The average molecular weight is 209 g/mol.